The molecule has 0 saturated heterocycles. The van der Waals surface area contributed by atoms with E-state index in [1.54, 1.807) is 11.5 Å². The van der Waals surface area contributed by atoms with E-state index in [2.05, 4.69) is 10.2 Å². The maximum Gasteiger partial charge on any atom is 0.389 e. The summed E-state index contributed by atoms with van der Waals surface area (Å²) >= 11 is 0. The molecule has 15 heavy (non-hydrogen) atoms. The third-order valence-electron chi connectivity index (χ3n) is 2.00. The number of rotatable bonds is 4. The van der Waals surface area contributed by atoms with Crippen LogP contribution in [0.25, 0.3) is 0 Å². The van der Waals surface area contributed by atoms with Crippen LogP contribution in [0.5, 0.6) is 0 Å². The Balaban J connectivity index is 2.68. The Labute approximate surface area is 85.3 Å². The first-order valence-corrected chi connectivity index (χ1v) is 4.59. The summed E-state index contributed by atoms with van der Waals surface area (Å²) in [6.07, 6.45) is -5.19. The minimum Gasteiger partial charge on any atom is -0.329 e. The maximum absolute atomic E-state index is 12.0. The molecule has 0 radical (unpaired) electrons. The Morgan fingerprint density at radius 2 is 2.00 bits per heavy atom. The first-order chi connectivity index (χ1) is 6.94. The smallest absolute Gasteiger partial charge is 0.329 e. The number of nitrogens with two attached hydrogens (primary N) is 1. The van der Waals surface area contributed by atoms with Gasteiger partial charge in [0.05, 0.1) is 6.42 Å². The fourth-order valence-corrected chi connectivity index (χ4v) is 1.28. The van der Waals surface area contributed by atoms with E-state index in [1.165, 1.54) is 0 Å². The van der Waals surface area contributed by atoms with Crippen molar-refractivity contribution in [1.29, 1.82) is 0 Å². The van der Waals surface area contributed by atoms with Crippen LogP contribution in [0.1, 0.15) is 18.1 Å². The van der Waals surface area contributed by atoms with Crippen LogP contribution in [0.15, 0.2) is 0 Å². The Morgan fingerprint density at radius 3 is 2.53 bits per heavy atom. The number of alkyl halides is 3. The molecule has 1 aromatic heterocycles. The molecule has 2 N–H and O–H groups in total. The van der Waals surface area contributed by atoms with Crippen molar-refractivity contribution >= 4 is 0 Å². The zero-order chi connectivity index (χ0) is 11.5. The topological polar surface area (TPSA) is 56.7 Å². The molecule has 7 heteroatoms. The van der Waals surface area contributed by atoms with Gasteiger partial charge in [-0.15, -0.1) is 10.2 Å². The molecule has 0 bridgehead atoms. The van der Waals surface area contributed by atoms with Crippen LogP contribution in [0.3, 0.4) is 0 Å². The summed E-state index contributed by atoms with van der Waals surface area (Å²) < 4.78 is 37.6. The zero-order valence-electron chi connectivity index (χ0n) is 8.38. The fraction of sp³-hybridized carbons (Fsp3) is 0.750. The molecule has 0 aliphatic rings. The van der Waals surface area contributed by atoms with Crippen molar-refractivity contribution in [2.45, 2.75) is 32.5 Å². The van der Waals surface area contributed by atoms with Gasteiger partial charge in [0.2, 0.25) is 0 Å². The minimum absolute atomic E-state index is 0.148. The molecule has 86 valence electrons. The molecule has 0 atom stereocenters. The number of aryl methyl sites for hydroxylation is 2. The lowest BCUT2D eigenvalue weighted by Crippen LogP contribution is -2.16. The molecule has 0 aliphatic carbocycles. The molecule has 0 saturated carbocycles. The summed E-state index contributed by atoms with van der Waals surface area (Å²) in [5.41, 5.74) is 5.34. The average molecular weight is 222 g/mol. The van der Waals surface area contributed by atoms with Crippen LogP contribution < -0.4 is 5.73 Å². The fourth-order valence-electron chi connectivity index (χ4n) is 1.28. The zero-order valence-corrected chi connectivity index (χ0v) is 8.38. The van der Waals surface area contributed by atoms with Gasteiger partial charge < -0.3 is 10.3 Å². The third-order valence-corrected chi connectivity index (χ3v) is 2.00. The molecule has 0 aromatic carbocycles. The maximum atomic E-state index is 12.0. The van der Waals surface area contributed by atoms with Crippen molar-refractivity contribution in [3.63, 3.8) is 0 Å². The molecule has 1 heterocycles. The second-order valence-electron chi connectivity index (χ2n) is 3.22. The summed E-state index contributed by atoms with van der Waals surface area (Å²) in [4.78, 5) is 0. The van der Waals surface area contributed by atoms with Gasteiger partial charge in [0.25, 0.3) is 0 Å². The van der Waals surface area contributed by atoms with Crippen LogP contribution in [-0.4, -0.2) is 27.5 Å². The standard InChI is InChI=1S/C8H13F3N4/c1-6-13-14-7(15(6)5-4-12)2-3-8(9,10)11/h2-5,12H2,1H3. The van der Waals surface area contributed by atoms with E-state index in [-0.39, 0.29) is 6.42 Å². The molecule has 0 fully saturated rings. The number of hydrogen-bond donors (Lipinski definition) is 1. The largest absolute Gasteiger partial charge is 0.389 e. The van der Waals surface area contributed by atoms with Gasteiger partial charge in [-0.3, -0.25) is 0 Å². The molecule has 0 aliphatic heterocycles. The van der Waals surface area contributed by atoms with Gasteiger partial charge in [-0.25, -0.2) is 0 Å². The predicted octanol–water partition coefficient (Wildman–Crippen LogP) is 1.04. The first-order valence-electron chi connectivity index (χ1n) is 4.59. The van der Waals surface area contributed by atoms with E-state index < -0.39 is 12.6 Å². The first kappa shape index (κ1) is 12.0. The van der Waals surface area contributed by atoms with Gasteiger partial charge >= 0.3 is 6.18 Å². The van der Waals surface area contributed by atoms with Gasteiger partial charge in [-0.05, 0) is 6.92 Å². The Bertz CT molecular complexity index is 318. The number of halogens is 3. The van der Waals surface area contributed by atoms with E-state index in [9.17, 15) is 13.2 Å². The average Bonchev–Trinajstić information content (AvgIpc) is 2.45. The lowest BCUT2D eigenvalue weighted by atomic mass is 10.3. The van der Waals surface area contributed by atoms with Crippen molar-refractivity contribution in [1.82, 2.24) is 14.8 Å². The molecule has 0 spiro atoms. The van der Waals surface area contributed by atoms with E-state index in [0.29, 0.717) is 24.7 Å². The number of aromatic nitrogens is 3. The van der Waals surface area contributed by atoms with Gasteiger partial charge in [0, 0.05) is 19.5 Å². The molecule has 1 rings (SSSR count). The van der Waals surface area contributed by atoms with Crippen LogP contribution >= 0.6 is 0 Å². The Hall–Kier alpha value is -1.11. The highest BCUT2D eigenvalue weighted by molar-refractivity contribution is 4.94. The van der Waals surface area contributed by atoms with E-state index in [0.717, 1.165) is 0 Å². The monoisotopic (exact) mass is 222 g/mol. The molecule has 0 amide bonds. The van der Waals surface area contributed by atoms with Crippen molar-refractivity contribution < 1.29 is 13.2 Å². The normalized spacial score (nSPS) is 12.1. The van der Waals surface area contributed by atoms with Gasteiger partial charge in [-0.1, -0.05) is 0 Å². The molecular weight excluding hydrogens is 209 g/mol. The van der Waals surface area contributed by atoms with Crippen molar-refractivity contribution in [3.05, 3.63) is 11.6 Å². The number of hydrogen-bond acceptors (Lipinski definition) is 3. The molecule has 4 nitrogen and oxygen atoms in total. The summed E-state index contributed by atoms with van der Waals surface area (Å²) in [7, 11) is 0. The summed E-state index contributed by atoms with van der Waals surface area (Å²) in [5, 5.41) is 7.42. The number of nitrogens with zero attached hydrogens (tertiary/aromatic N) is 3. The summed E-state index contributed by atoms with van der Waals surface area (Å²) in [6.45, 7) is 2.50. The van der Waals surface area contributed by atoms with Crippen LogP contribution in [-0.2, 0) is 13.0 Å². The highest BCUT2D eigenvalue weighted by Gasteiger charge is 2.27. The van der Waals surface area contributed by atoms with Crippen LogP contribution in [0, 0.1) is 6.92 Å². The van der Waals surface area contributed by atoms with Crippen LogP contribution in [0.2, 0.25) is 0 Å². The molecule has 0 unspecified atom stereocenters. The summed E-state index contributed by atoms with van der Waals surface area (Å²) in [5.74, 6) is 0.938. The summed E-state index contributed by atoms with van der Waals surface area (Å²) in [6, 6.07) is 0. The highest BCUT2D eigenvalue weighted by atomic mass is 19.4. The van der Waals surface area contributed by atoms with Crippen molar-refractivity contribution in [2.24, 2.45) is 5.73 Å². The van der Waals surface area contributed by atoms with Crippen molar-refractivity contribution in [2.75, 3.05) is 6.54 Å². The lowest BCUT2D eigenvalue weighted by molar-refractivity contribution is -0.134. The predicted molar refractivity (Wildman–Crippen MR) is 48.2 cm³/mol. The van der Waals surface area contributed by atoms with Gasteiger partial charge in [-0.2, -0.15) is 13.2 Å². The van der Waals surface area contributed by atoms with Crippen molar-refractivity contribution in [3.8, 4) is 0 Å². The Morgan fingerprint density at radius 1 is 1.33 bits per heavy atom. The Kier molecular flexibility index (Phi) is 3.67. The van der Waals surface area contributed by atoms with E-state index >= 15 is 0 Å². The second kappa shape index (κ2) is 4.61. The highest BCUT2D eigenvalue weighted by Crippen LogP contribution is 2.21. The van der Waals surface area contributed by atoms with E-state index in [1.807, 2.05) is 0 Å². The van der Waals surface area contributed by atoms with E-state index in [4.69, 9.17) is 5.73 Å². The van der Waals surface area contributed by atoms with Gasteiger partial charge in [0.15, 0.2) is 0 Å². The second-order valence-corrected chi connectivity index (χ2v) is 3.22. The lowest BCUT2D eigenvalue weighted by Gasteiger charge is -2.08. The minimum atomic E-state index is -4.16. The van der Waals surface area contributed by atoms with Crippen LogP contribution in [0.4, 0.5) is 13.2 Å². The van der Waals surface area contributed by atoms with Gasteiger partial charge in [0.1, 0.15) is 11.6 Å². The molecular formula is C8H13F3N4. The molecule has 1 aromatic rings. The quantitative estimate of drug-likeness (QED) is 0.828. The third kappa shape index (κ3) is 3.50. The SMILES string of the molecule is Cc1nnc(CCC(F)(F)F)n1CCN.